The molecule has 0 spiro atoms. The maximum Gasteiger partial charge on any atom is 0.231 e. The van der Waals surface area contributed by atoms with Crippen molar-refractivity contribution in [2.75, 3.05) is 13.3 Å². The van der Waals surface area contributed by atoms with Crippen molar-refractivity contribution in [3.63, 3.8) is 0 Å². The standard InChI is InChI=1S/C26H33NO3/c1-14(2)12-27-26(28)25-18-8-7-17-20(25)11-19-16(23(18)24(17)19)5-3-4-15-6-9-21-22(10-15)30-13-29-21/h6-10,14,16-20,23-25H,3-5,11-13H2,1-2H3,(H,27,28)/t16-,17-,18-,19-,20-,23-,24-,25-/m0/s1. The average molecular weight is 408 g/mol. The third-order valence-electron chi connectivity index (χ3n) is 8.77. The van der Waals surface area contributed by atoms with Crippen molar-refractivity contribution in [2.24, 2.45) is 53.3 Å². The summed E-state index contributed by atoms with van der Waals surface area (Å²) in [7, 11) is 0. The fraction of sp³-hybridized carbons (Fsp3) is 0.654. The first-order chi connectivity index (χ1) is 14.6. The first-order valence-electron chi connectivity index (χ1n) is 12.0. The molecule has 160 valence electrons. The van der Waals surface area contributed by atoms with E-state index in [0.717, 1.165) is 48.1 Å². The summed E-state index contributed by atoms with van der Waals surface area (Å²) in [6, 6.07) is 6.37. The van der Waals surface area contributed by atoms with Crippen LogP contribution in [0.25, 0.3) is 0 Å². The Bertz CT molecular complexity index is 877. The minimum atomic E-state index is 0.226. The molecule has 4 heteroatoms. The summed E-state index contributed by atoms with van der Waals surface area (Å²) in [6.07, 6.45) is 9.80. The summed E-state index contributed by atoms with van der Waals surface area (Å²) in [5, 5.41) is 3.26. The fourth-order valence-electron chi connectivity index (χ4n) is 7.69. The summed E-state index contributed by atoms with van der Waals surface area (Å²) >= 11 is 0. The van der Waals surface area contributed by atoms with Crippen molar-refractivity contribution in [1.29, 1.82) is 0 Å². The van der Waals surface area contributed by atoms with E-state index in [1.807, 2.05) is 6.07 Å². The molecule has 1 N–H and O–H groups in total. The van der Waals surface area contributed by atoms with Gasteiger partial charge in [0.25, 0.3) is 0 Å². The number of ether oxygens (including phenoxy) is 2. The van der Waals surface area contributed by atoms with Crippen LogP contribution in [0.2, 0.25) is 0 Å². The second kappa shape index (κ2) is 7.03. The van der Waals surface area contributed by atoms with E-state index in [4.69, 9.17) is 9.47 Å². The monoisotopic (exact) mass is 407 g/mol. The Morgan fingerprint density at radius 3 is 2.80 bits per heavy atom. The summed E-state index contributed by atoms with van der Waals surface area (Å²) in [4.78, 5) is 13.1. The van der Waals surface area contributed by atoms with E-state index < -0.39 is 0 Å². The van der Waals surface area contributed by atoms with E-state index in [1.54, 1.807) is 0 Å². The first kappa shape index (κ1) is 18.8. The van der Waals surface area contributed by atoms with Gasteiger partial charge in [0.15, 0.2) is 11.5 Å². The second-order valence-electron chi connectivity index (χ2n) is 10.7. The minimum Gasteiger partial charge on any atom is -0.454 e. The van der Waals surface area contributed by atoms with Crippen molar-refractivity contribution >= 4 is 5.91 Å². The molecule has 3 fully saturated rings. The largest absolute Gasteiger partial charge is 0.454 e. The molecule has 7 rings (SSSR count). The fourth-order valence-corrected chi connectivity index (χ4v) is 7.69. The van der Waals surface area contributed by atoms with Crippen molar-refractivity contribution in [2.45, 2.75) is 39.5 Å². The molecule has 1 amide bonds. The van der Waals surface area contributed by atoms with Crippen LogP contribution in [0.5, 0.6) is 11.5 Å². The van der Waals surface area contributed by atoms with Gasteiger partial charge >= 0.3 is 0 Å². The van der Waals surface area contributed by atoms with E-state index in [0.29, 0.717) is 36.4 Å². The highest BCUT2D eigenvalue weighted by molar-refractivity contribution is 5.80. The first-order valence-corrected chi connectivity index (χ1v) is 12.0. The Hall–Kier alpha value is -1.97. The Labute approximate surface area is 179 Å². The van der Waals surface area contributed by atoms with Gasteiger partial charge in [-0.05, 0) is 90.7 Å². The van der Waals surface area contributed by atoms with Crippen LogP contribution in [0.15, 0.2) is 30.4 Å². The van der Waals surface area contributed by atoms with Gasteiger partial charge in [-0.15, -0.1) is 0 Å². The molecular weight excluding hydrogens is 374 g/mol. The summed E-state index contributed by atoms with van der Waals surface area (Å²) < 4.78 is 11.0. The number of fused-ring (bicyclic) bond motifs is 1. The zero-order valence-electron chi connectivity index (χ0n) is 18.1. The number of rotatable bonds is 7. The number of nitrogens with one attached hydrogen (secondary N) is 1. The third kappa shape index (κ3) is 2.75. The molecule has 1 aromatic rings. The summed E-state index contributed by atoms with van der Waals surface area (Å²) in [5.41, 5.74) is 1.35. The van der Waals surface area contributed by atoms with Crippen LogP contribution in [0.4, 0.5) is 0 Å². The molecule has 30 heavy (non-hydrogen) atoms. The lowest BCUT2D eigenvalue weighted by Crippen LogP contribution is -2.57. The number of benzene rings is 1. The number of allylic oxidation sites excluding steroid dienone is 2. The summed E-state index contributed by atoms with van der Waals surface area (Å²) in [5.74, 6) is 7.86. The predicted molar refractivity (Wildman–Crippen MR) is 115 cm³/mol. The Morgan fingerprint density at radius 2 is 1.93 bits per heavy atom. The quantitative estimate of drug-likeness (QED) is 0.680. The zero-order chi connectivity index (χ0) is 20.4. The molecule has 1 heterocycles. The molecule has 0 saturated heterocycles. The smallest absolute Gasteiger partial charge is 0.231 e. The highest BCUT2D eigenvalue weighted by Gasteiger charge is 2.69. The maximum atomic E-state index is 13.1. The van der Waals surface area contributed by atoms with Crippen molar-refractivity contribution in [3.05, 3.63) is 35.9 Å². The van der Waals surface area contributed by atoms with Crippen LogP contribution in [-0.2, 0) is 11.2 Å². The van der Waals surface area contributed by atoms with Crippen LogP contribution in [0, 0.1) is 53.3 Å². The molecule has 0 radical (unpaired) electrons. The minimum absolute atomic E-state index is 0.226. The van der Waals surface area contributed by atoms with Crippen molar-refractivity contribution in [3.8, 4) is 11.5 Å². The van der Waals surface area contributed by atoms with Crippen LogP contribution in [-0.4, -0.2) is 19.2 Å². The molecule has 0 unspecified atom stereocenters. The van der Waals surface area contributed by atoms with Gasteiger partial charge in [-0.25, -0.2) is 0 Å². The highest BCUT2D eigenvalue weighted by Crippen LogP contribution is 2.72. The number of amides is 1. The summed E-state index contributed by atoms with van der Waals surface area (Å²) in [6.45, 7) is 5.49. The van der Waals surface area contributed by atoms with E-state index in [-0.39, 0.29) is 5.92 Å². The normalized spacial score (nSPS) is 38.8. The zero-order valence-corrected chi connectivity index (χ0v) is 18.1. The topological polar surface area (TPSA) is 47.6 Å². The molecule has 0 aromatic heterocycles. The van der Waals surface area contributed by atoms with Crippen LogP contribution >= 0.6 is 0 Å². The molecule has 3 saturated carbocycles. The van der Waals surface area contributed by atoms with Gasteiger partial charge in [0.1, 0.15) is 0 Å². The molecule has 4 nitrogen and oxygen atoms in total. The Kier molecular flexibility index (Phi) is 4.40. The second-order valence-corrected chi connectivity index (χ2v) is 10.7. The van der Waals surface area contributed by atoms with E-state index in [1.165, 1.54) is 24.8 Å². The lowest BCUT2D eigenvalue weighted by molar-refractivity contribution is -0.139. The SMILES string of the molecule is CC(C)CNC(=O)[C@H]1[C@H]2C=C[C@H]3[C@@H]1C[C@H]1[C@H](CCCc4ccc5c(c4)OCO5)[C@@H]2[C@@H]31. The number of carbonyl (C=O) groups excluding carboxylic acids is 1. The maximum absolute atomic E-state index is 13.1. The van der Waals surface area contributed by atoms with Gasteiger partial charge in [0.2, 0.25) is 12.7 Å². The van der Waals surface area contributed by atoms with Crippen molar-refractivity contribution < 1.29 is 14.3 Å². The van der Waals surface area contributed by atoms with Gasteiger partial charge < -0.3 is 14.8 Å². The Balaban J connectivity index is 1.11. The van der Waals surface area contributed by atoms with Gasteiger partial charge in [-0.3, -0.25) is 4.79 Å². The number of carbonyl (C=O) groups is 1. The van der Waals surface area contributed by atoms with E-state index in [2.05, 4.69) is 43.4 Å². The van der Waals surface area contributed by atoms with Crippen LogP contribution in [0.3, 0.4) is 0 Å². The van der Waals surface area contributed by atoms with Crippen LogP contribution in [0.1, 0.15) is 38.7 Å². The number of aryl methyl sites for hydroxylation is 1. The average Bonchev–Trinajstić information content (AvgIpc) is 3.28. The van der Waals surface area contributed by atoms with E-state index >= 15 is 0 Å². The van der Waals surface area contributed by atoms with Gasteiger partial charge in [0, 0.05) is 12.5 Å². The Morgan fingerprint density at radius 1 is 1.10 bits per heavy atom. The van der Waals surface area contributed by atoms with Gasteiger partial charge in [-0.1, -0.05) is 32.1 Å². The van der Waals surface area contributed by atoms with Gasteiger partial charge in [0.05, 0.1) is 0 Å². The predicted octanol–water partition coefficient (Wildman–Crippen LogP) is 4.44. The lowest BCUT2D eigenvalue weighted by atomic mass is 9.45. The lowest BCUT2D eigenvalue weighted by Gasteiger charge is -2.59. The number of hydrogen-bond donors (Lipinski definition) is 1. The molecule has 6 aliphatic rings. The van der Waals surface area contributed by atoms with Crippen LogP contribution < -0.4 is 14.8 Å². The molecular formula is C26H33NO3. The van der Waals surface area contributed by atoms with Gasteiger partial charge in [-0.2, -0.15) is 0 Å². The number of hydrogen-bond acceptors (Lipinski definition) is 3. The third-order valence-corrected chi connectivity index (χ3v) is 8.77. The highest BCUT2D eigenvalue weighted by atomic mass is 16.7. The molecule has 1 aromatic carbocycles. The molecule has 1 aliphatic heterocycles. The molecule has 8 atom stereocenters. The molecule has 5 aliphatic carbocycles. The van der Waals surface area contributed by atoms with Crippen molar-refractivity contribution in [1.82, 2.24) is 5.32 Å². The molecule has 4 bridgehead atoms. The van der Waals surface area contributed by atoms with E-state index in [9.17, 15) is 4.79 Å².